The molecule has 0 aliphatic carbocycles. The van der Waals surface area contributed by atoms with E-state index in [1.54, 1.807) is 19.2 Å². The molecule has 0 unspecified atom stereocenters. The number of para-hydroxylation sites is 1. The van der Waals surface area contributed by atoms with E-state index >= 15 is 0 Å². The van der Waals surface area contributed by atoms with E-state index in [9.17, 15) is 9.59 Å². The van der Waals surface area contributed by atoms with Gasteiger partial charge in [0.25, 0.3) is 5.56 Å². The van der Waals surface area contributed by atoms with Crippen LogP contribution in [0, 0.1) is 13.8 Å². The van der Waals surface area contributed by atoms with Gasteiger partial charge in [-0.05, 0) is 43.2 Å². The lowest BCUT2D eigenvalue weighted by Crippen LogP contribution is -2.38. The Balaban J connectivity index is 2.56. The van der Waals surface area contributed by atoms with Crippen LogP contribution in [-0.2, 0) is 7.05 Å². The summed E-state index contributed by atoms with van der Waals surface area (Å²) in [5, 5.41) is 0.513. The van der Waals surface area contributed by atoms with Crippen LogP contribution < -0.4 is 11.2 Å². The summed E-state index contributed by atoms with van der Waals surface area (Å²) < 4.78 is 3.58. The first-order valence-electron chi connectivity index (χ1n) is 6.89. The molecule has 0 aliphatic rings. The third-order valence-electron chi connectivity index (χ3n) is 3.89. The van der Waals surface area contributed by atoms with Gasteiger partial charge in [-0.2, -0.15) is 0 Å². The number of aryl methyl sites for hydroxylation is 3. The van der Waals surface area contributed by atoms with Crippen molar-refractivity contribution >= 4 is 26.8 Å². The number of aromatic nitrogens is 2. The lowest BCUT2D eigenvalue weighted by Gasteiger charge is -2.14. The molecule has 0 bridgehead atoms. The molecule has 1 aromatic heterocycles. The highest BCUT2D eigenvalue weighted by atomic mass is 79.9. The van der Waals surface area contributed by atoms with Crippen molar-refractivity contribution in [1.82, 2.24) is 9.13 Å². The molecule has 1 heterocycles. The standard InChI is InChI=1S/C17H15BrN2O2/c1-10-5-4-6-11(2)15(10)20-16(21)13-9-12(18)7-8-14(13)19(3)17(20)22/h4-9H,1-3H3. The Labute approximate surface area is 135 Å². The number of hydrogen-bond donors (Lipinski definition) is 0. The van der Waals surface area contributed by atoms with Crippen LogP contribution in [0.5, 0.6) is 0 Å². The molecule has 4 nitrogen and oxygen atoms in total. The fraction of sp³-hybridized carbons (Fsp3) is 0.176. The Morgan fingerprint density at radius 1 is 1.00 bits per heavy atom. The van der Waals surface area contributed by atoms with Crippen molar-refractivity contribution in [3.63, 3.8) is 0 Å². The molecule has 5 heteroatoms. The van der Waals surface area contributed by atoms with Crippen molar-refractivity contribution in [3.05, 3.63) is 72.8 Å². The van der Waals surface area contributed by atoms with Gasteiger partial charge in [-0.15, -0.1) is 0 Å². The Morgan fingerprint density at radius 2 is 1.64 bits per heavy atom. The molecule has 3 rings (SSSR count). The molecule has 0 N–H and O–H groups in total. The first-order valence-corrected chi connectivity index (χ1v) is 7.69. The summed E-state index contributed by atoms with van der Waals surface area (Å²) in [6.07, 6.45) is 0. The van der Waals surface area contributed by atoms with Gasteiger partial charge < -0.3 is 0 Å². The summed E-state index contributed by atoms with van der Waals surface area (Å²) >= 11 is 3.38. The number of halogens is 1. The Bertz CT molecular complexity index is 995. The van der Waals surface area contributed by atoms with Crippen molar-refractivity contribution in [2.45, 2.75) is 13.8 Å². The van der Waals surface area contributed by atoms with Crippen molar-refractivity contribution in [2.24, 2.45) is 7.05 Å². The van der Waals surface area contributed by atoms with Crippen molar-refractivity contribution in [1.29, 1.82) is 0 Å². The molecular formula is C17H15BrN2O2. The van der Waals surface area contributed by atoms with Crippen LogP contribution in [0.2, 0.25) is 0 Å². The van der Waals surface area contributed by atoms with Gasteiger partial charge in [-0.1, -0.05) is 34.1 Å². The Hall–Kier alpha value is -2.14. The number of rotatable bonds is 1. The Morgan fingerprint density at radius 3 is 2.27 bits per heavy atom. The average Bonchev–Trinajstić information content (AvgIpc) is 2.48. The number of fused-ring (bicyclic) bond motifs is 1. The lowest BCUT2D eigenvalue weighted by molar-refractivity contribution is 0.768. The van der Waals surface area contributed by atoms with Gasteiger partial charge in [0.15, 0.2) is 0 Å². The van der Waals surface area contributed by atoms with Gasteiger partial charge in [0.05, 0.1) is 16.6 Å². The summed E-state index contributed by atoms with van der Waals surface area (Å²) in [4.78, 5) is 25.6. The Kier molecular flexibility index (Phi) is 3.53. The van der Waals surface area contributed by atoms with Crippen molar-refractivity contribution < 1.29 is 0 Å². The minimum absolute atomic E-state index is 0.295. The molecule has 0 spiro atoms. The third kappa shape index (κ3) is 2.13. The second-order valence-electron chi connectivity index (χ2n) is 5.38. The van der Waals surface area contributed by atoms with Gasteiger partial charge in [0, 0.05) is 11.5 Å². The smallest absolute Gasteiger partial charge is 0.296 e. The van der Waals surface area contributed by atoms with Crippen LogP contribution in [-0.4, -0.2) is 9.13 Å². The minimum Gasteiger partial charge on any atom is -0.296 e. The van der Waals surface area contributed by atoms with Gasteiger partial charge in [0.2, 0.25) is 0 Å². The van der Waals surface area contributed by atoms with Crippen LogP contribution in [0.15, 0.2) is 50.5 Å². The van der Waals surface area contributed by atoms with Gasteiger partial charge in [0.1, 0.15) is 0 Å². The predicted molar refractivity (Wildman–Crippen MR) is 92.0 cm³/mol. The summed E-state index contributed by atoms with van der Waals surface area (Å²) in [6, 6.07) is 11.1. The van der Waals surface area contributed by atoms with E-state index in [4.69, 9.17) is 0 Å². The number of nitrogens with zero attached hydrogens (tertiary/aromatic N) is 2. The first-order chi connectivity index (χ1) is 10.4. The predicted octanol–water partition coefficient (Wildman–Crippen LogP) is 3.07. The van der Waals surface area contributed by atoms with E-state index in [2.05, 4.69) is 15.9 Å². The first kappa shape index (κ1) is 14.8. The molecule has 22 heavy (non-hydrogen) atoms. The number of hydrogen-bond acceptors (Lipinski definition) is 2. The second kappa shape index (κ2) is 5.25. The fourth-order valence-corrected chi connectivity index (χ4v) is 3.15. The van der Waals surface area contributed by atoms with Gasteiger partial charge in [-0.3, -0.25) is 9.36 Å². The maximum atomic E-state index is 12.9. The lowest BCUT2D eigenvalue weighted by atomic mass is 10.1. The molecule has 0 radical (unpaired) electrons. The second-order valence-corrected chi connectivity index (χ2v) is 6.30. The summed E-state index contributed by atoms with van der Waals surface area (Å²) in [6.45, 7) is 3.80. The molecule has 2 aromatic carbocycles. The van der Waals surface area contributed by atoms with Crippen LogP contribution in [0.1, 0.15) is 11.1 Å². The molecular weight excluding hydrogens is 344 g/mol. The highest BCUT2D eigenvalue weighted by Gasteiger charge is 2.15. The van der Waals surface area contributed by atoms with Crippen LogP contribution >= 0.6 is 15.9 Å². The monoisotopic (exact) mass is 358 g/mol. The largest absolute Gasteiger partial charge is 0.335 e. The molecule has 0 atom stereocenters. The van der Waals surface area contributed by atoms with E-state index in [1.807, 2.05) is 38.1 Å². The topological polar surface area (TPSA) is 44.0 Å². The molecule has 0 saturated heterocycles. The zero-order valence-electron chi connectivity index (χ0n) is 12.6. The molecule has 112 valence electrons. The molecule has 0 fully saturated rings. The molecule has 0 amide bonds. The highest BCUT2D eigenvalue weighted by molar-refractivity contribution is 9.10. The quantitative estimate of drug-likeness (QED) is 0.670. The number of benzene rings is 2. The highest BCUT2D eigenvalue weighted by Crippen LogP contribution is 2.19. The van der Waals surface area contributed by atoms with Crippen LogP contribution in [0.3, 0.4) is 0 Å². The SMILES string of the molecule is Cc1cccc(C)c1-n1c(=O)c2cc(Br)ccc2n(C)c1=O. The zero-order chi connectivity index (χ0) is 16.0. The summed E-state index contributed by atoms with van der Waals surface area (Å²) in [7, 11) is 1.68. The van der Waals surface area contributed by atoms with Gasteiger partial charge in [-0.25, -0.2) is 9.36 Å². The maximum absolute atomic E-state index is 12.9. The third-order valence-corrected chi connectivity index (χ3v) is 4.39. The normalized spacial score (nSPS) is 11.1. The van der Waals surface area contributed by atoms with E-state index in [0.717, 1.165) is 15.6 Å². The fourth-order valence-electron chi connectivity index (χ4n) is 2.79. The van der Waals surface area contributed by atoms with E-state index < -0.39 is 0 Å². The molecule has 0 saturated carbocycles. The van der Waals surface area contributed by atoms with E-state index in [0.29, 0.717) is 16.6 Å². The minimum atomic E-state index is -0.336. The summed E-state index contributed by atoms with van der Waals surface area (Å²) in [5.74, 6) is 0. The van der Waals surface area contributed by atoms with Crippen molar-refractivity contribution in [3.8, 4) is 5.69 Å². The van der Waals surface area contributed by atoms with Crippen LogP contribution in [0.25, 0.3) is 16.6 Å². The maximum Gasteiger partial charge on any atom is 0.335 e. The van der Waals surface area contributed by atoms with Crippen LogP contribution in [0.4, 0.5) is 0 Å². The summed E-state index contributed by atoms with van der Waals surface area (Å²) in [5.41, 5.74) is 2.45. The molecule has 0 aliphatic heterocycles. The average molecular weight is 359 g/mol. The van der Waals surface area contributed by atoms with E-state index in [1.165, 1.54) is 9.13 Å². The van der Waals surface area contributed by atoms with Crippen molar-refractivity contribution in [2.75, 3.05) is 0 Å². The zero-order valence-corrected chi connectivity index (χ0v) is 14.1. The van der Waals surface area contributed by atoms with Gasteiger partial charge >= 0.3 is 5.69 Å². The molecule has 3 aromatic rings. The van der Waals surface area contributed by atoms with E-state index in [-0.39, 0.29) is 11.2 Å².